The largest absolute Gasteiger partial charge is 0.461 e. The lowest BCUT2D eigenvalue weighted by molar-refractivity contribution is -0.513. The Balaban J connectivity index is 2.20. The summed E-state index contributed by atoms with van der Waals surface area (Å²) in [5.41, 5.74) is 2.22. The quantitative estimate of drug-likeness (QED) is 0.369. The third-order valence-corrected chi connectivity index (χ3v) is 4.79. The van der Waals surface area contributed by atoms with E-state index in [1.54, 1.807) is 37.4 Å². The number of aromatic nitrogens is 1. The van der Waals surface area contributed by atoms with Gasteiger partial charge in [-0.2, -0.15) is 0 Å². The van der Waals surface area contributed by atoms with Crippen LogP contribution in [0.5, 0.6) is 0 Å². The van der Waals surface area contributed by atoms with E-state index in [-0.39, 0.29) is 6.61 Å². The molecule has 7 heteroatoms. The molecule has 3 rings (SSSR count). The smallest absolute Gasteiger partial charge is 0.382 e. The lowest BCUT2D eigenvalue weighted by Gasteiger charge is -2.20. The van der Waals surface area contributed by atoms with Crippen molar-refractivity contribution >= 4 is 32.8 Å². The topological polar surface area (TPSA) is 85.2 Å². The monoisotopic (exact) mass is 416 g/mol. The van der Waals surface area contributed by atoms with Crippen LogP contribution in [0.3, 0.4) is 0 Å². The number of carbonyl (C=O) groups is 1. The van der Waals surface area contributed by atoms with E-state index in [1.165, 1.54) is 0 Å². The Morgan fingerprint density at radius 2 is 1.92 bits per heavy atom. The molecule has 0 aliphatic carbocycles. The maximum absolute atomic E-state index is 12.4. The number of ether oxygens (including phenoxy) is 1. The second-order valence-electron chi connectivity index (χ2n) is 5.80. The first-order chi connectivity index (χ1) is 12.5. The molecule has 1 aromatic heterocycles. The van der Waals surface area contributed by atoms with Gasteiger partial charge >= 0.3 is 12.0 Å². The summed E-state index contributed by atoms with van der Waals surface area (Å²) in [7, 11) is 0. The zero-order valence-corrected chi connectivity index (χ0v) is 15.6. The van der Waals surface area contributed by atoms with E-state index in [2.05, 4.69) is 20.9 Å². The molecule has 0 bridgehead atoms. The molecular weight excluding hydrogens is 400 g/mol. The number of H-pyrrole nitrogens is 1. The molecule has 0 saturated carbocycles. The normalized spacial score (nSPS) is 13.3. The first kappa shape index (κ1) is 18.1. The van der Waals surface area contributed by atoms with E-state index in [0.29, 0.717) is 11.1 Å². The summed E-state index contributed by atoms with van der Waals surface area (Å²) in [6, 6.07) is 13.2. The lowest BCUT2D eigenvalue weighted by Crippen LogP contribution is -2.37. The number of para-hydroxylation sites is 1. The van der Waals surface area contributed by atoms with E-state index in [1.807, 2.05) is 24.3 Å². The highest BCUT2D eigenvalue weighted by molar-refractivity contribution is 9.10. The van der Waals surface area contributed by atoms with Gasteiger partial charge in [-0.05, 0) is 36.2 Å². The predicted molar refractivity (Wildman–Crippen MR) is 102 cm³/mol. The molecule has 0 saturated heterocycles. The van der Waals surface area contributed by atoms with E-state index < -0.39 is 22.9 Å². The molecular formula is C19H17BrN2O4. The van der Waals surface area contributed by atoms with Crippen molar-refractivity contribution in [1.29, 1.82) is 0 Å². The number of fused-ring (bicyclic) bond motifs is 1. The van der Waals surface area contributed by atoms with Gasteiger partial charge in [-0.15, -0.1) is 0 Å². The third-order valence-electron chi connectivity index (χ3n) is 4.26. The molecule has 3 aromatic rings. The number of halogens is 1. The highest BCUT2D eigenvalue weighted by Crippen LogP contribution is 2.35. The molecule has 0 spiro atoms. The van der Waals surface area contributed by atoms with Crippen LogP contribution in [0.2, 0.25) is 0 Å². The van der Waals surface area contributed by atoms with E-state index in [0.717, 1.165) is 15.4 Å². The van der Waals surface area contributed by atoms with Gasteiger partial charge in [-0.3, -0.25) is 10.1 Å². The van der Waals surface area contributed by atoms with Gasteiger partial charge < -0.3 is 9.72 Å². The average Bonchev–Trinajstić information content (AvgIpc) is 3.04. The molecule has 2 aromatic carbocycles. The molecule has 0 radical (unpaired) electrons. The average molecular weight is 417 g/mol. The Morgan fingerprint density at radius 3 is 2.58 bits per heavy atom. The van der Waals surface area contributed by atoms with Crippen molar-refractivity contribution in [2.24, 2.45) is 0 Å². The number of aromatic amines is 1. The van der Waals surface area contributed by atoms with Gasteiger partial charge in [0.1, 0.15) is 0 Å². The van der Waals surface area contributed by atoms with E-state index in [9.17, 15) is 14.9 Å². The van der Waals surface area contributed by atoms with Crippen molar-refractivity contribution in [3.05, 3.63) is 80.4 Å². The van der Waals surface area contributed by atoms with Gasteiger partial charge in [0.15, 0.2) is 0 Å². The van der Waals surface area contributed by atoms with Gasteiger partial charge in [-0.25, -0.2) is 4.79 Å². The summed E-state index contributed by atoms with van der Waals surface area (Å²) >= 11 is 3.37. The number of hydrogen-bond donors (Lipinski definition) is 1. The number of nitrogens with one attached hydrogen (secondary N) is 1. The molecule has 0 aliphatic heterocycles. The fraction of sp³-hybridized carbons (Fsp3) is 0.211. The lowest BCUT2D eigenvalue weighted by atomic mass is 9.85. The van der Waals surface area contributed by atoms with Crippen LogP contribution in [-0.4, -0.2) is 28.5 Å². The van der Waals surface area contributed by atoms with Crippen molar-refractivity contribution in [2.45, 2.75) is 18.9 Å². The molecule has 1 N–H and O–H groups in total. The summed E-state index contributed by atoms with van der Waals surface area (Å²) in [4.78, 5) is 26.8. The SMILES string of the molecule is CCOC(=O)C([C@@H](c1ccc(Br)cc1)c1c[nH]c2ccccc12)[N+](=O)[O-]. The van der Waals surface area contributed by atoms with Gasteiger partial charge in [0.05, 0.1) is 12.5 Å². The molecule has 0 fully saturated rings. The second kappa shape index (κ2) is 7.70. The summed E-state index contributed by atoms with van der Waals surface area (Å²) in [5.74, 6) is -1.61. The fourth-order valence-electron chi connectivity index (χ4n) is 3.12. The van der Waals surface area contributed by atoms with Crippen LogP contribution < -0.4 is 0 Å². The van der Waals surface area contributed by atoms with Gasteiger partial charge in [-0.1, -0.05) is 46.3 Å². The maximum atomic E-state index is 12.4. The van der Waals surface area contributed by atoms with Crippen LogP contribution in [-0.2, 0) is 9.53 Å². The minimum Gasteiger partial charge on any atom is -0.461 e. The molecule has 134 valence electrons. The number of carbonyl (C=O) groups excluding carboxylic acids is 1. The molecule has 6 nitrogen and oxygen atoms in total. The van der Waals surface area contributed by atoms with Crippen LogP contribution in [0.4, 0.5) is 0 Å². The standard InChI is InChI=1S/C19H17BrN2O4/c1-2-26-19(23)18(22(24)25)17(12-7-9-13(20)10-8-12)15-11-21-16-6-4-3-5-14(15)16/h3-11,17-18,21H,2H2,1H3/t17-,18?/m0/s1. The van der Waals surface area contributed by atoms with Crippen molar-refractivity contribution in [1.82, 2.24) is 4.98 Å². The van der Waals surface area contributed by atoms with Gasteiger partial charge in [0, 0.05) is 26.5 Å². The van der Waals surface area contributed by atoms with Crippen LogP contribution in [0, 0.1) is 10.1 Å². The summed E-state index contributed by atoms with van der Waals surface area (Å²) in [6.45, 7) is 1.72. The Bertz CT molecular complexity index is 936. The first-order valence-corrected chi connectivity index (χ1v) is 8.93. The van der Waals surface area contributed by atoms with E-state index in [4.69, 9.17) is 4.74 Å². The number of hydrogen-bond acceptors (Lipinski definition) is 4. The van der Waals surface area contributed by atoms with Crippen molar-refractivity contribution in [2.75, 3.05) is 6.61 Å². The van der Waals surface area contributed by atoms with Crippen LogP contribution in [0.25, 0.3) is 10.9 Å². The highest BCUT2D eigenvalue weighted by Gasteiger charge is 2.43. The molecule has 0 aliphatic rings. The number of nitro groups is 1. The Labute approximate surface area is 158 Å². The summed E-state index contributed by atoms with van der Waals surface area (Å²) in [5, 5.41) is 12.7. The minimum absolute atomic E-state index is 0.0874. The zero-order chi connectivity index (χ0) is 18.7. The van der Waals surface area contributed by atoms with Crippen molar-refractivity contribution in [3.63, 3.8) is 0 Å². The maximum Gasteiger partial charge on any atom is 0.382 e. The van der Waals surface area contributed by atoms with Crippen LogP contribution in [0.1, 0.15) is 24.0 Å². The molecule has 2 atom stereocenters. The minimum atomic E-state index is -1.53. The Kier molecular flexibility index (Phi) is 5.37. The summed E-state index contributed by atoms with van der Waals surface area (Å²) < 4.78 is 5.86. The predicted octanol–water partition coefficient (Wildman–Crippen LogP) is 4.27. The van der Waals surface area contributed by atoms with Crippen molar-refractivity contribution < 1.29 is 14.5 Å². The molecule has 26 heavy (non-hydrogen) atoms. The van der Waals surface area contributed by atoms with Crippen molar-refractivity contribution in [3.8, 4) is 0 Å². The molecule has 1 unspecified atom stereocenters. The molecule has 0 amide bonds. The number of benzene rings is 2. The van der Waals surface area contributed by atoms with Gasteiger partial charge in [0.2, 0.25) is 0 Å². The van der Waals surface area contributed by atoms with Crippen LogP contribution in [0.15, 0.2) is 59.2 Å². The van der Waals surface area contributed by atoms with E-state index >= 15 is 0 Å². The fourth-order valence-corrected chi connectivity index (χ4v) is 3.39. The highest BCUT2D eigenvalue weighted by atomic mass is 79.9. The number of esters is 1. The molecule has 1 heterocycles. The number of rotatable bonds is 6. The van der Waals surface area contributed by atoms with Crippen LogP contribution >= 0.6 is 15.9 Å². The zero-order valence-electron chi connectivity index (χ0n) is 14.0. The first-order valence-electron chi connectivity index (χ1n) is 8.14. The Morgan fingerprint density at radius 1 is 1.23 bits per heavy atom. The van der Waals surface area contributed by atoms with Gasteiger partial charge in [0.25, 0.3) is 0 Å². The number of nitrogens with zero attached hydrogens (tertiary/aromatic N) is 1. The third kappa shape index (κ3) is 3.48. The summed E-state index contributed by atoms with van der Waals surface area (Å²) in [6.07, 6.45) is 1.73. The second-order valence-corrected chi connectivity index (χ2v) is 6.72. The Hall–Kier alpha value is -2.67.